The standard InChI is InChI=1S/C51H32N6.C2H6.H2S/c1-3-16-33(17-4-1)49-52-50(34-18-15-21-36(32-34)55-43-26-11-7-22-37(43)38-23-8-12-27-44(38)55)54-51(53-49)57-46-29-14-10-25-40(46)42-31-30-41-39-24-9-13-28-45(39)56(47(41)48(42)57)35-19-5-2-6-20-35;1-2;/h1-32H;1-2H3;1H2. The van der Waals surface area contributed by atoms with E-state index in [1.165, 1.54) is 21.5 Å². The molecule has 6 nitrogen and oxygen atoms in total. The molecule has 0 aliphatic heterocycles. The first-order chi connectivity index (χ1) is 29.3. The van der Waals surface area contributed by atoms with Crippen LogP contribution in [0.3, 0.4) is 0 Å². The average molecular weight is 793 g/mol. The predicted octanol–water partition coefficient (Wildman–Crippen LogP) is 13.6. The van der Waals surface area contributed by atoms with E-state index in [0.29, 0.717) is 17.6 Å². The number of hydrogen-bond acceptors (Lipinski definition) is 3. The van der Waals surface area contributed by atoms with Crippen molar-refractivity contribution in [1.82, 2.24) is 28.7 Å². The summed E-state index contributed by atoms with van der Waals surface area (Å²) in [4.78, 5) is 15.9. The number of hydrogen-bond donors (Lipinski definition) is 0. The normalized spacial score (nSPS) is 11.4. The molecular formula is C53H40N6S. The number of para-hydroxylation sites is 5. The lowest BCUT2D eigenvalue weighted by Crippen LogP contribution is -2.07. The van der Waals surface area contributed by atoms with Crippen LogP contribution in [0.15, 0.2) is 194 Å². The van der Waals surface area contributed by atoms with Crippen LogP contribution in [0.1, 0.15) is 13.8 Å². The molecule has 0 radical (unpaired) electrons. The smallest absolute Gasteiger partial charge is 0.238 e. The first kappa shape index (κ1) is 36.8. The molecule has 0 fully saturated rings. The van der Waals surface area contributed by atoms with Gasteiger partial charge in [0.15, 0.2) is 11.6 Å². The molecule has 0 spiro atoms. The maximum absolute atomic E-state index is 5.40. The lowest BCUT2D eigenvalue weighted by molar-refractivity contribution is 0.953. The molecule has 7 heteroatoms. The van der Waals surface area contributed by atoms with Crippen molar-refractivity contribution in [3.8, 4) is 40.1 Å². The Morgan fingerprint density at radius 1 is 0.317 bits per heavy atom. The summed E-state index contributed by atoms with van der Waals surface area (Å²) in [6.45, 7) is 4.00. The zero-order valence-corrected chi connectivity index (χ0v) is 34.2. The van der Waals surface area contributed by atoms with Crippen LogP contribution in [0.4, 0.5) is 0 Å². The van der Waals surface area contributed by atoms with Gasteiger partial charge in [0.25, 0.3) is 0 Å². The summed E-state index contributed by atoms with van der Waals surface area (Å²) in [7, 11) is 0. The highest BCUT2D eigenvalue weighted by atomic mass is 32.1. The maximum Gasteiger partial charge on any atom is 0.238 e. The zero-order chi connectivity index (χ0) is 39.5. The second-order valence-electron chi connectivity index (χ2n) is 14.5. The van der Waals surface area contributed by atoms with Crippen LogP contribution >= 0.6 is 13.5 Å². The van der Waals surface area contributed by atoms with Crippen LogP contribution in [0, 0.1) is 0 Å². The maximum atomic E-state index is 5.40. The molecule has 60 heavy (non-hydrogen) atoms. The molecule has 0 aliphatic rings. The van der Waals surface area contributed by atoms with Crippen LogP contribution in [0.5, 0.6) is 0 Å². The second-order valence-corrected chi connectivity index (χ2v) is 14.5. The lowest BCUT2D eigenvalue weighted by atomic mass is 10.1. The summed E-state index contributed by atoms with van der Waals surface area (Å²) in [6.07, 6.45) is 0. The summed E-state index contributed by atoms with van der Waals surface area (Å²) in [5.74, 6) is 1.77. The Labute approximate surface area is 354 Å². The van der Waals surface area contributed by atoms with E-state index in [9.17, 15) is 0 Å². The van der Waals surface area contributed by atoms with Crippen molar-refractivity contribution >= 4 is 78.9 Å². The average Bonchev–Trinajstić information content (AvgIpc) is 3.96. The van der Waals surface area contributed by atoms with E-state index in [1.807, 2.05) is 32.0 Å². The number of fused-ring (bicyclic) bond motifs is 10. The number of rotatable bonds is 5. The van der Waals surface area contributed by atoms with Gasteiger partial charge in [-0.15, -0.1) is 0 Å². The molecular weight excluding hydrogens is 753 g/mol. The largest absolute Gasteiger partial charge is 0.309 e. The van der Waals surface area contributed by atoms with Gasteiger partial charge < -0.3 is 9.13 Å². The summed E-state index contributed by atoms with van der Waals surface area (Å²) in [5, 5.41) is 7.07. The van der Waals surface area contributed by atoms with Crippen LogP contribution in [0.25, 0.3) is 106 Å². The van der Waals surface area contributed by atoms with E-state index in [1.54, 1.807) is 0 Å². The third kappa shape index (κ3) is 5.69. The highest BCUT2D eigenvalue weighted by molar-refractivity contribution is 7.59. The fourth-order valence-electron chi connectivity index (χ4n) is 8.85. The van der Waals surface area contributed by atoms with Crippen LogP contribution < -0.4 is 0 Å². The molecule has 0 saturated heterocycles. The molecule has 4 aromatic heterocycles. The Kier molecular flexibility index (Phi) is 9.23. The molecule has 12 aromatic rings. The van der Waals surface area contributed by atoms with Crippen molar-refractivity contribution in [3.63, 3.8) is 0 Å². The van der Waals surface area contributed by atoms with Gasteiger partial charge in [-0.2, -0.15) is 23.5 Å². The zero-order valence-electron chi connectivity index (χ0n) is 33.2. The summed E-state index contributed by atoms with van der Waals surface area (Å²) in [5.41, 5.74) is 10.6. The fourth-order valence-corrected chi connectivity index (χ4v) is 8.85. The molecule has 0 aliphatic carbocycles. The topological polar surface area (TPSA) is 53.5 Å². The second kappa shape index (κ2) is 15.0. The SMILES string of the molecule is CC.S.c1ccc(-c2nc(-c3cccc(-n4c5ccccc5c5ccccc54)c3)nc(-n3c4ccccc4c4ccc5c6ccccc6n(-c6ccccc6)c5c43)n2)cc1. The molecule has 0 saturated carbocycles. The Morgan fingerprint density at radius 2 is 0.717 bits per heavy atom. The third-order valence-corrected chi connectivity index (χ3v) is 11.3. The Hall–Kier alpha value is -7.48. The van der Waals surface area contributed by atoms with E-state index in [-0.39, 0.29) is 13.5 Å². The first-order valence-electron chi connectivity index (χ1n) is 20.2. The highest BCUT2D eigenvalue weighted by Gasteiger charge is 2.23. The van der Waals surface area contributed by atoms with Gasteiger partial charge in [0, 0.05) is 54.8 Å². The molecule has 0 N–H and O–H groups in total. The van der Waals surface area contributed by atoms with Gasteiger partial charge in [0.1, 0.15) is 0 Å². The summed E-state index contributed by atoms with van der Waals surface area (Å²) >= 11 is 0. The van der Waals surface area contributed by atoms with Gasteiger partial charge >= 0.3 is 0 Å². The van der Waals surface area contributed by atoms with E-state index in [0.717, 1.165) is 66.4 Å². The van der Waals surface area contributed by atoms with Gasteiger partial charge in [0.2, 0.25) is 5.95 Å². The number of benzene rings is 8. The van der Waals surface area contributed by atoms with Crippen molar-refractivity contribution in [2.75, 3.05) is 0 Å². The van der Waals surface area contributed by atoms with Crippen molar-refractivity contribution < 1.29 is 0 Å². The Morgan fingerprint density at radius 3 is 1.28 bits per heavy atom. The van der Waals surface area contributed by atoms with Gasteiger partial charge in [-0.05, 0) is 48.5 Å². The Bertz CT molecular complexity index is 3470. The minimum absolute atomic E-state index is 0. The van der Waals surface area contributed by atoms with E-state index >= 15 is 0 Å². The molecule has 0 unspecified atom stereocenters. The van der Waals surface area contributed by atoms with E-state index < -0.39 is 0 Å². The van der Waals surface area contributed by atoms with Crippen molar-refractivity contribution in [2.45, 2.75) is 13.8 Å². The minimum Gasteiger partial charge on any atom is -0.309 e. The van der Waals surface area contributed by atoms with Gasteiger partial charge in [-0.3, -0.25) is 4.57 Å². The lowest BCUT2D eigenvalue weighted by Gasteiger charge is -2.14. The molecule has 12 rings (SSSR count). The molecule has 0 amide bonds. The summed E-state index contributed by atoms with van der Waals surface area (Å²) < 4.78 is 6.97. The third-order valence-electron chi connectivity index (χ3n) is 11.3. The fraction of sp³-hybridized carbons (Fsp3) is 0.0377. The van der Waals surface area contributed by atoms with Gasteiger partial charge in [-0.25, -0.2) is 4.98 Å². The van der Waals surface area contributed by atoms with E-state index in [4.69, 9.17) is 15.0 Å². The molecule has 0 atom stereocenters. The molecule has 8 aromatic carbocycles. The van der Waals surface area contributed by atoms with Gasteiger partial charge in [0.05, 0.1) is 33.1 Å². The van der Waals surface area contributed by atoms with E-state index in [2.05, 4.69) is 190 Å². The summed E-state index contributed by atoms with van der Waals surface area (Å²) in [6, 6.07) is 68.3. The molecule has 288 valence electrons. The molecule has 0 bridgehead atoms. The number of nitrogens with zero attached hydrogens (tertiary/aromatic N) is 6. The van der Waals surface area contributed by atoms with Crippen molar-refractivity contribution in [3.05, 3.63) is 194 Å². The van der Waals surface area contributed by atoms with Crippen LogP contribution in [-0.2, 0) is 0 Å². The minimum atomic E-state index is 0. The first-order valence-corrected chi connectivity index (χ1v) is 20.2. The van der Waals surface area contributed by atoms with Crippen LogP contribution in [-0.4, -0.2) is 28.7 Å². The van der Waals surface area contributed by atoms with Crippen molar-refractivity contribution in [2.24, 2.45) is 0 Å². The van der Waals surface area contributed by atoms with Gasteiger partial charge in [-0.1, -0.05) is 159 Å². The highest BCUT2D eigenvalue weighted by Crippen LogP contribution is 2.42. The van der Waals surface area contributed by atoms with Crippen molar-refractivity contribution in [1.29, 1.82) is 0 Å². The predicted molar refractivity (Wildman–Crippen MR) is 255 cm³/mol. The molecule has 4 heterocycles. The number of aromatic nitrogens is 6. The Balaban J connectivity index is 0.00000142. The van der Waals surface area contributed by atoms with Crippen LogP contribution in [0.2, 0.25) is 0 Å². The quantitative estimate of drug-likeness (QED) is 0.174. The monoisotopic (exact) mass is 792 g/mol.